The summed E-state index contributed by atoms with van der Waals surface area (Å²) in [5.41, 5.74) is 0.0265. The Kier molecular flexibility index (Phi) is 4.25. The van der Waals surface area contributed by atoms with Crippen LogP contribution < -0.4 is 4.74 Å². The van der Waals surface area contributed by atoms with E-state index in [4.69, 9.17) is 16.3 Å². The predicted octanol–water partition coefficient (Wildman–Crippen LogP) is 2.12. The number of aliphatic hydroxyl groups is 1. The van der Waals surface area contributed by atoms with Crippen molar-refractivity contribution in [3.63, 3.8) is 0 Å². The first-order chi connectivity index (χ1) is 9.35. The van der Waals surface area contributed by atoms with E-state index in [1.807, 2.05) is 13.8 Å². The average molecular weight is 298 g/mol. The highest BCUT2D eigenvalue weighted by atomic mass is 35.5. The second-order valence-electron chi connectivity index (χ2n) is 5.64. The third kappa shape index (κ3) is 2.91. The molecule has 0 bridgehead atoms. The van der Waals surface area contributed by atoms with Crippen molar-refractivity contribution in [1.82, 2.24) is 4.90 Å². The van der Waals surface area contributed by atoms with Gasteiger partial charge in [-0.15, -0.1) is 0 Å². The first-order valence-corrected chi connectivity index (χ1v) is 7.06. The van der Waals surface area contributed by atoms with Gasteiger partial charge in [0.1, 0.15) is 11.4 Å². The molecule has 0 aliphatic carbocycles. The van der Waals surface area contributed by atoms with Gasteiger partial charge in [0.15, 0.2) is 0 Å². The van der Waals surface area contributed by atoms with Crippen molar-refractivity contribution in [3.8, 4) is 5.75 Å². The predicted molar refractivity (Wildman–Crippen MR) is 78.1 cm³/mol. The van der Waals surface area contributed by atoms with Crippen LogP contribution in [0, 0.1) is 5.92 Å². The zero-order valence-electron chi connectivity index (χ0n) is 12.0. The van der Waals surface area contributed by atoms with Gasteiger partial charge in [-0.1, -0.05) is 25.4 Å². The Hall–Kier alpha value is -1.26. The van der Waals surface area contributed by atoms with Crippen LogP contribution in [0.15, 0.2) is 18.2 Å². The van der Waals surface area contributed by atoms with E-state index >= 15 is 0 Å². The molecule has 1 aromatic rings. The lowest BCUT2D eigenvalue weighted by Crippen LogP contribution is -2.66. The van der Waals surface area contributed by atoms with Crippen molar-refractivity contribution < 1.29 is 14.6 Å². The number of β-amino-alcohol motifs (C(OH)–C–C–N with tert-alkyl or cyclic N) is 1. The quantitative estimate of drug-likeness (QED) is 0.926. The highest BCUT2D eigenvalue weighted by molar-refractivity contribution is 6.30. The molecule has 20 heavy (non-hydrogen) atoms. The monoisotopic (exact) mass is 297 g/mol. The molecule has 1 fully saturated rings. The highest BCUT2D eigenvalue weighted by Crippen LogP contribution is 2.30. The van der Waals surface area contributed by atoms with Gasteiger partial charge in [0.2, 0.25) is 5.91 Å². The van der Waals surface area contributed by atoms with Crippen molar-refractivity contribution in [1.29, 1.82) is 0 Å². The van der Waals surface area contributed by atoms with E-state index in [0.29, 0.717) is 23.9 Å². The summed E-state index contributed by atoms with van der Waals surface area (Å²) in [5.74, 6) is 0.783. The van der Waals surface area contributed by atoms with Crippen molar-refractivity contribution >= 4 is 17.5 Å². The minimum absolute atomic E-state index is 0.0177. The van der Waals surface area contributed by atoms with E-state index in [2.05, 4.69) is 0 Å². The number of benzene rings is 1. The molecule has 0 radical (unpaired) electrons. The number of methoxy groups -OCH3 is 1. The molecule has 0 atom stereocenters. The molecular formula is C15H20ClNO3. The number of halogens is 1. The minimum atomic E-state index is -0.742. The van der Waals surface area contributed by atoms with Crippen molar-refractivity contribution in [2.45, 2.75) is 25.9 Å². The molecule has 1 aliphatic rings. The van der Waals surface area contributed by atoms with Gasteiger partial charge in [-0.25, -0.2) is 0 Å². The number of amides is 1. The number of rotatable bonds is 4. The number of hydrogen-bond donors (Lipinski definition) is 1. The van der Waals surface area contributed by atoms with E-state index in [1.54, 1.807) is 30.2 Å². The van der Waals surface area contributed by atoms with Gasteiger partial charge in [0.05, 0.1) is 26.6 Å². The fourth-order valence-electron chi connectivity index (χ4n) is 2.32. The van der Waals surface area contributed by atoms with Crippen LogP contribution >= 0.6 is 11.6 Å². The number of likely N-dealkylation sites (tertiary alicyclic amines) is 1. The maximum Gasteiger partial charge on any atom is 0.227 e. The zero-order valence-corrected chi connectivity index (χ0v) is 12.8. The maximum atomic E-state index is 12.2. The Morgan fingerprint density at radius 3 is 2.70 bits per heavy atom. The van der Waals surface area contributed by atoms with Crippen molar-refractivity contribution in [3.05, 3.63) is 28.8 Å². The number of ether oxygens (including phenoxy) is 1. The third-order valence-corrected chi connectivity index (χ3v) is 4.18. The van der Waals surface area contributed by atoms with Gasteiger partial charge < -0.3 is 14.7 Å². The van der Waals surface area contributed by atoms with E-state index in [1.165, 1.54) is 0 Å². The van der Waals surface area contributed by atoms with Crippen LogP contribution in [0.1, 0.15) is 19.4 Å². The van der Waals surface area contributed by atoms with Gasteiger partial charge in [-0.05, 0) is 24.1 Å². The molecule has 4 nitrogen and oxygen atoms in total. The lowest BCUT2D eigenvalue weighted by molar-refractivity contribution is -0.163. The Bertz CT molecular complexity index is 510. The van der Waals surface area contributed by atoms with Gasteiger partial charge >= 0.3 is 0 Å². The van der Waals surface area contributed by atoms with Crippen LogP contribution in [-0.4, -0.2) is 41.7 Å². The van der Waals surface area contributed by atoms with E-state index in [-0.39, 0.29) is 18.2 Å². The van der Waals surface area contributed by atoms with E-state index < -0.39 is 5.60 Å². The topological polar surface area (TPSA) is 49.8 Å². The normalized spacial score (nSPS) is 17.0. The second kappa shape index (κ2) is 5.62. The molecule has 1 amide bonds. The number of carbonyl (C=O) groups is 1. The summed E-state index contributed by atoms with van der Waals surface area (Å²) < 4.78 is 5.23. The molecule has 2 rings (SSSR count). The largest absolute Gasteiger partial charge is 0.496 e. The van der Waals surface area contributed by atoms with E-state index in [9.17, 15) is 9.90 Å². The number of carbonyl (C=O) groups excluding carboxylic acids is 1. The molecule has 0 unspecified atom stereocenters. The molecule has 1 N–H and O–H groups in total. The van der Waals surface area contributed by atoms with Crippen LogP contribution in [0.2, 0.25) is 5.02 Å². The smallest absolute Gasteiger partial charge is 0.227 e. The summed E-state index contributed by atoms with van der Waals surface area (Å²) in [6.45, 7) is 4.71. The van der Waals surface area contributed by atoms with E-state index in [0.717, 1.165) is 5.56 Å². The molecule has 1 aliphatic heterocycles. The Morgan fingerprint density at radius 1 is 1.50 bits per heavy atom. The van der Waals surface area contributed by atoms with Crippen LogP contribution in [-0.2, 0) is 11.2 Å². The first-order valence-electron chi connectivity index (χ1n) is 6.68. The lowest BCUT2D eigenvalue weighted by atomic mass is 9.82. The summed E-state index contributed by atoms with van der Waals surface area (Å²) in [4.78, 5) is 13.9. The summed E-state index contributed by atoms with van der Waals surface area (Å²) in [5, 5.41) is 10.8. The Morgan fingerprint density at radius 2 is 2.15 bits per heavy atom. The van der Waals surface area contributed by atoms with Gasteiger partial charge in [0, 0.05) is 10.6 Å². The molecule has 1 heterocycles. The van der Waals surface area contributed by atoms with Crippen molar-refractivity contribution in [2.24, 2.45) is 5.92 Å². The summed E-state index contributed by atoms with van der Waals surface area (Å²) in [6.07, 6.45) is 0.234. The summed E-state index contributed by atoms with van der Waals surface area (Å²) in [6, 6.07) is 5.23. The second-order valence-corrected chi connectivity index (χ2v) is 6.08. The van der Waals surface area contributed by atoms with Crippen LogP contribution in [0.3, 0.4) is 0 Å². The molecular weight excluding hydrogens is 278 g/mol. The lowest BCUT2D eigenvalue weighted by Gasteiger charge is -2.49. The summed E-state index contributed by atoms with van der Waals surface area (Å²) >= 11 is 5.95. The molecule has 0 spiro atoms. The zero-order chi connectivity index (χ0) is 14.9. The SMILES string of the molecule is COc1ccc(Cl)cc1CC(=O)N1CC(O)(C(C)C)C1. The minimum Gasteiger partial charge on any atom is -0.496 e. The van der Waals surface area contributed by atoms with Crippen molar-refractivity contribution in [2.75, 3.05) is 20.2 Å². The Labute approximate surface area is 124 Å². The van der Waals surface area contributed by atoms with Crippen LogP contribution in [0.4, 0.5) is 0 Å². The number of hydrogen-bond acceptors (Lipinski definition) is 3. The summed E-state index contributed by atoms with van der Waals surface area (Å²) in [7, 11) is 1.57. The fourth-order valence-corrected chi connectivity index (χ4v) is 2.51. The number of nitrogens with zero attached hydrogens (tertiary/aromatic N) is 1. The molecule has 1 saturated heterocycles. The van der Waals surface area contributed by atoms with Crippen LogP contribution in [0.5, 0.6) is 5.75 Å². The third-order valence-electron chi connectivity index (χ3n) is 3.94. The van der Waals surface area contributed by atoms with Gasteiger partial charge in [0.25, 0.3) is 0 Å². The Balaban J connectivity index is 2.02. The average Bonchev–Trinajstić information content (AvgIpc) is 2.34. The standard InChI is InChI=1S/C15H20ClNO3/c1-10(2)15(19)8-17(9-15)14(18)7-11-6-12(16)4-5-13(11)20-3/h4-6,10,19H,7-9H2,1-3H3. The maximum absolute atomic E-state index is 12.2. The molecule has 110 valence electrons. The first kappa shape index (κ1) is 15.1. The molecule has 5 heteroatoms. The highest BCUT2D eigenvalue weighted by Gasteiger charge is 2.45. The molecule has 1 aromatic carbocycles. The molecule has 0 saturated carbocycles. The van der Waals surface area contributed by atoms with Crippen LogP contribution in [0.25, 0.3) is 0 Å². The van der Waals surface area contributed by atoms with Gasteiger partial charge in [-0.3, -0.25) is 4.79 Å². The van der Waals surface area contributed by atoms with Gasteiger partial charge in [-0.2, -0.15) is 0 Å². The molecule has 0 aromatic heterocycles. The fraction of sp³-hybridized carbons (Fsp3) is 0.533.